The first-order valence-electron chi connectivity index (χ1n) is 4.99. The Kier molecular flexibility index (Phi) is 3.71. The molecule has 78 valence electrons. The molecule has 4 heteroatoms. The van der Waals surface area contributed by atoms with E-state index in [4.69, 9.17) is 0 Å². The summed E-state index contributed by atoms with van der Waals surface area (Å²) in [6, 6.07) is 0. The molecule has 0 bridgehead atoms. The van der Waals surface area contributed by atoms with Gasteiger partial charge in [0.15, 0.2) is 0 Å². The molecule has 0 heterocycles. The molecule has 0 amide bonds. The molecule has 1 rings (SSSR count). The minimum absolute atomic E-state index is 0.0787. The van der Waals surface area contributed by atoms with E-state index in [0.717, 1.165) is 32.1 Å². The van der Waals surface area contributed by atoms with Crippen molar-refractivity contribution in [3.05, 3.63) is 0 Å². The van der Waals surface area contributed by atoms with Crippen molar-refractivity contribution in [1.82, 2.24) is 0 Å². The van der Waals surface area contributed by atoms with Gasteiger partial charge in [-0.15, -0.1) is 3.89 Å². The van der Waals surface area contributed by atoms with E-state index in [1.165, 1.54) is 0 Å². The number of rotatable bonds is 4. The lowest BCUT2D eigenvalue weighted by molar-refractivity contribution is 0.441. The summed E-state index contributed by atoms with van der Waals surface area (Å²) in [5, 5.41) is -0.722. The SMILES string of the molecule is CCCC(C1CCCC1)S(=O)(=O)F. The summed E-state index contributed by atoms with van der Waals surface area (Å²) in [5.41, 5.74) is 0. The molecule has 1 saturated carbocycles. The topological polar surface area (TPSA) is 34.1 Å². The Morgan fingerprint density at radius 1 is 1.38 bits per heavy atom. The second-order valence-electron chi connectivity index (χ2n) is 3.85. The first-order valence-corrected chi connectivity index (χ1v) is 6.44. The second kappa shape index (κ2) is 4.40. The van der Waals surface area contributed by atoms with Crippen molar-refractivity contribution < 1.29 is 12.3 Å². The van der Waals surface area contributed by atoms with Gasteiger partial charge < -0.3 is 0 Å². The van der Waals surface area contributed by atoms with Gasteiger partial charge in [0.1, 0.15) is 0 Å². The molecule has 0 saturated heterocycles. The molecule has 1 unspecified atom stereocenters. The zero-order valence-electron chi connectivity index (χ0n) is 8.00. The van der Waals surface area contributed by atoms with Crippen molar-refractivity contribution in [2.24, 2.45) is 5.92 Å². The maximum atomic E-state index is 12.9. The van der Waals surface area contributed by atoms with Crippen LogP contribution in [0.25, 0.3) is 0 Å². The monoisotopic (exact) mass is 208 g/mol. The highest BCUT2D eigenvalue weighted by Gasteiger charge is 2.34. The molecular weight excluding hydrogens is 191 g/mol. The number of hydrogen-bond acceptors (Lipinski definition) is 2. The average Bonchev–Trinajstić information content (AvgIpc) is 2.49. The second-order valence-corrected chi connectivity index (χ2v) is 5.40. The largest absolute Gasteiger partial charge is 0.305 e. The molecule has 0 spiro atoms. The maximum absolute atomic E-state index is 12.9. The van der Waals surface area contributed by atoms with E-state index in [1.54, 1.807) is 0 Å². The Labute approximate surface area is 79.7 Å². The van der Waals surface area contributed by atoms with E-state index >= 15 is 0 Å². The van der Waals surface area contributed by atoms with Crippen LogP contribution in [0.4, 0.5) is 3.89 Å². The first-order chi connectivity index (χ1) is 6.05. The quantitative estimate of drug-likeness (QED) is 0.665. The molecule has 0 aromatic heterocycles. The molecule has 0 aromatic carbocycles. The lowest BCUT2D eigenvalue weighted by Gasteiger charge is -2.18. The summed E-state index contributed by atoms with van der Waals surface area (Å²) in [6.45, 7) is 1.90. The van der Waals surface area contributed by atoms with Crippen LogP contribution in [0.1, 0.15) is 45.4 Å². The van der Waals surface area contributed by atoms with Gasteiger partial charge in [0.25, 0.3) is 0 Å². The predicted molar refractivity (Wildman–Crippen MR) is 50.7 cm³/mol. The lowest BCUT2D eigenvalue weighted by atomic mass is 10.0. The van der Waals surface area contributed by atoms with Crippen molar-refractivity contribution in [2.75, 3.05) is 0 Å². The molecule has 1 atom stereocenters. The van der Waals surface area contributed by atoms with Crippen LogP contribution in [0.3, 0.4) is 0 Å². The van der Waals surface area contributed by atoms with Crippen LogP contribution in [0.5, 0.6) is 0 Å². The third-order valence-corrected chi connectivity index (χ3v) is 4.20. The zero-order chi connectivity index (χ0) is 9.90. The van der Waals surface area contributed by atoms with E-state index in [0.29, 0.717) is 6.42 Å². The van der Waals surface area contributed by atoms with E-state index in [-0.39, 0.29) is 5.92 Å². The number of hydrogen-bond donors (Lipinski definition) is 0. The van der Waals surface area contributed by atoms with E-state index in [1.807, 2.05) is 6.92 Å². The summed E-state index contributed by atoms with van der Waals surface area (Å²) < 4.78 is 34.5. The first kappa shape index (κ1) is 11.0. The van der Waals surface area contributed by atoms with Crippen LogP contribution in [0, 0.1) is 5.92 Å². The van der Waals surface area contributed by atoms with Crippen LogP contribution >= 0.6 is 0 Å². The van der Waals surface area contributed by atoms with Gasteiger partial charge in [-0.2, -0.15) is 8.42 Å². The normalized spacial score (nSPS) is 22.0. The Morgan fingerprint density at radius 2 is 1.92 bits per heavy atom. The van der Waals surface area contributed by atoms with Gasteiger partial charge in [0, 0.05) is 0 Å². The van der Waals surface area contributed by atoms with Crippen LogP contribution < -0.4 is 0 Å². The summed E-state index contributed by atoms with van der Waals surface area (Å²) in [6.07, 6.45) is 5.09. The third-order valence-electron chi connectivity index (χ3n) is 2.86. The Bertz CT molecular complexity index is 242. The predicted octanol–water partition coefficient (Wildman–Crippen LogP) is 2.64. The molecule has 0 aliphatic heterocycles. The highest BCUT2D eigenvalue weighted by Crippen LogP contribution is 2.33. The smallest absolute Gasteiger partial charge is 0.195 e. The van der Waals surface area contributed by atoms with E-state index in [9.17, 15) is 12.3 Å². The van der Waals surface area contributed by atoms with Gasteiger partial charge in [-0.05, 0) is 25.2 Å². The minimum Gasteiger partial charge on any atom is -0.195 e. The fraction of sp³-hybridized carbons (Fsp3) is 1.00. The van der Waals surface area contributed by atoms with Crippen LogP contribution in [0.15, 0.2) is 0 Å². The third kappa shape index (κ3) is 2.93. The van der Waals surface area contributed by atoms with Crippen LogP contribution in [-0.2, 0) is 10.2 Å². The molecule has 0 N–H and O–H groups in total. The molecule has 1 aliphatic carbocycles. The lowest BCUT2D eigenvalue weighted by Crippen LogP contribution is -2.25. The highest BCUT2D eigenvalue weighted by atomic mass is 32.3. The zero-order valence-corrected chi connectivity index (χ0v) is 8.82. The van der Waals surface area contributed by atoms with Crippen molar-refractivity contribution in [3.8, 4) is 0 Å². The molecule has 1 fully saturated rings. The van der Waals surface area contributed by atoms with Crippen molar-refractivity contribution in [3.63, 3.8) is 0 Å². The van der Waals surface area contributed by atoms with E-state index in [2.05, 4.69) is 0 Å². The van der Waals surface area contributed by atoms with Gasteiger partial charge in [-0.1, -0.05) is 26.2 Å². The van der Waals surface area contributed by atoms with Crippen molar-refractivity contribution in [1.29, 1.82) is 0 Å². The summed E-state index contributed by atoms with van der Waals surface area (Å²) >= 11 is 0. The van der Waals surface area contributed by atoms with Gasteiger partial charge in [-0.25, -0.2) is 0 Å². The standard InChI is InChI=1S/C9H17FO2S/c1-2-5-9(13(10,11)12)8-6-3-4-7-8/h8-9H,2-7H2,1H3. The molecule has 0 radical (unpaired) electrons. The fourth-order valence-corrected chi connectivity index (χ4v) is 3.47. The maximum Gasteiger partial charge on any atom is 0.305 e. The van der Waals surface area contributed by atoms with Crippen molar-refractivity contribution in [2.45, 2.75) is 50.7 Å². The van der Waals surface area contributed by atoms with Crippen molar-refractivity contribution >= 4 is 10.2 Å². The minimum atomic E-state index is -4.31. The molecule has 1 aliphatic rings. The van der Waals surface area contributed by atoms with Gasteiger partial charge in [0.2, 0.25) is 0 Å². The Balaban J connectivity index is 2.66. The fourth-order valence-electron chi connectivity index (χ4n) is 2.22. The molecule has 13 heavy (non-hydrogen) atoms. The molecular formula is C9H17FO2S. The Hall–Kier alpha value is -0.120. The van der Waals surface area contributed by atoms with Gasteiger partial charge in [0.05, 0.1) is 5.25 Å². The summed E-state index contributed by atoms with van der Waals surface area (Å²) in [4.78, 5) is 0. The Morgan fingerprint density at radius 3 is 2.31 bits per heavy atom. The molecule has 2 nitrogen and oxygen atoms in total. The molecule has 0 aromatic rings. The number of halogens is 1. The summed E-state index contributed by atoms with van der Waals surface area (Å²) in [7, 11) is -4.31. The summed E-state index contributed by atoms with van der Waals surface area (Å²) in [5.74, 6) is 0.0787. The van der Waals surface area contributed by atoms with Gasteiger partial charge >= 0.3 is 10.2 Å². The van der Waals surface area contributed by atoms with Crippen LogP contribution in [-0.4, -0.2) is 13.7 Å². The van der Waals surface area contributed by atoms with Gasteiger partial charge in [-0.3, -0.25) is 0 Å². The average molecular weight is 208 g/mol. The van der Waals surface area contributed by atoms with Crippen LogP contribution in [0.2, 0.25) is 0 Å². The highest BCUT2D eigenvalue weighted by molar-refractivity contribution is 7.87. The van der Waals surface area contributed by atoms with E-state index < -0.39 is 15.5 Å².